The van der Waals surface area contributed by atoms with Crippen LogP contribution in [0.1, 0.15) is 0 Å². The maximum atomic E-state index is 13.2. The van der Waals surface area contributed by atoms with Gasteiger partial charge in [0.1, 0.15) is 24.1 Å². The van der Waals surface area contributed by atoms with Gasteiger partial charge >= 0.3 is 0 Å². The number of rotatable bonds is 6. The summed E-state index contributed by atoms with van der Waals surface area (Å²) in [6.07, 6.45) is 3.31. The largest absolute Gasteiger partial charge is 0.486 e. The van der Waals surface area contributed by atoms with Crippen molar-refractivity contribution >= 4 is 34.9 Å². The molecule has 0 bridgehead atoms. The van der Waals surface area contributed by atoms with Crippen molar-refractivity contribution in [2.24, 2.45) is 0 Å². The van der Waals surface area contributed by atoms with Gasteiger partial charge in [-0.25, -0.2) is 14.4 Å². The van der Waals surface area contributed by atoms with Crippen LogP contribution in [0.5, 0.6) is 11.5 Å². The van der Waals surface area contributed by atoms with Crippen molar-refractivity contribution < 1.29 is 18.7 Å². The van der Waals surface area contributed by atoms with Crippen molar-refractivity contribution in [2.75, 3.05) is 60.3 Å². The maximum Gasteiger partial charge on any atom is 0.234 e. The van der Waals surface area contributed by atoms with Crippen LogP contribution in [0.25, 0.3) is 0 Å². The van der Waals surface area contributed by atoms with Gasteiger partial charge in [0.25, 0.3) is 0 Å². The molecule has 2 aliphatic heterocycles. The molecule has 8 nitrogen and oxygen atoms in total. The number of nitrogens with one attached hydrogen (secondary N) is 1. The second kappa shape index (κ2) is 10.2. The molecule has 0 spiro atoms. The number of fused-ring (bicyclic) bond motifs is 1. The zero-order valence-electron chi connectivity index (χ0n) is 18.4. The number of anilines is 3. The number of benzene rings is 2. The Morgan fingerprint density at radius 2 is 1.65 bits per heavy atom. The van der Waals surface area contributed by atoms with Crippen LogP contribution >= 0.6 is 11.8 Å². The number of piperazine rings is 1. The number of aromatic nitrogens is 2. The molecule has 3 aromatic rings. The summed E-state index contributed by atoms with van der Waals surface area (Å²) in [6, 6.07) is 11.9. The van der Waals surface area contributed by atoms with Crippen molar-refractivity contribution in [2.45, 2.75) is 5.03 Å². The van der Waals surface area contributed by atoms with Crippen molar-refractivity contribution in [3.05, 3.63) is 60.7 Å². The average Bonchev–Trinajstić information content (AvgIpc) is 2.88. The minimum absolute atomic E-state index is 0.139. The third kappa shape index (κ3) is 5.17. The van der Waals surface area contributed by atoms with Crippen LogP contribution in [0, 0.1) is 5.82 Å². The predicted molar refractivity (Wildman–Crippen MR) is 130 cm³/mol. The monoisotopic (exact) mass is 481 g/mol. The van der Waals surface area contributed by atoms with Crippen molar-refractivity contribution in [1.82, 2.24) is 9.97 Å². The number of hydrogen-bond donors (Lipinski definition) is 1. The van der Waals surface area contributed by atoms with Gasteiger partial charge in [0.05, 0.1) is 5.75 Å². The van der Waals surface area contributed by atoms with Gasteiger partial charge in [-0.15, -0.1) is 0 Å². The number of nitrogens with zero attached hydrogens (tertiary/aromatic N) is 4. The van der Waals surface area contributed by atoms with Crippen LogP contribution in [0.2, 0.25) is 0 Å². The molecule has 1 fully saturated rings. The number of carbonyl (C=O) groups is 1. The molecular formula is C24H24FN5O3S. The molecule has 3 heterocycles. The van der Waals surface area contributed by atoms with Crippen LogP contribution < -0.4 is 24.6 Å². The van der Waals surface area contributed by atoms with E-state index >= 15 is 0 Å². The van der Waals surface area contributed by atoms with Gasteiger partial charge in [-0.2, -0.15) is 0 Å². The Hall–Kier alpha value is -3.53. The third-order valence-electron chi connectivity index (χ3n) is 5.58. The van der Waals surface area contributed by atoms with Gasteiger partial charge in [-0.1, -0.05) is 11.8 Å². The first kappa shape index (κ1) is 22.3. The van der Waals surface area contributed by atoms with E-state index in [0.717, 1.165) is 42.7 Å². The lowest BCUT2D eigenvalue weighted by atomic mass is 10.2. The summed E-state index contributed by atoms with van der Waals surface area (Å²) in [5, 5.41) is 3.62. The molecule has 2 aliphatic rings. The Balaban J connectivity index is 1.17. The fraction of sp³-hybridized carbons (Fsp3) is 0.292. The van der Waals surface area contributed by atoms with Crippen molar-refractivity contribution in [3.8, 4) is 11.5 Å². The quantitative estimate of drug-likeness (QED) is 0.537. The maximum absolute atomic E-state index is 13.2. The fourth-order valence-corrected chi connectivity index (χ4v) is 4.70. The summed E-state index contributed by atoms with van der Waals surface area (Å²) in [6.45, 7) is 4.11. The molecule has 0 unspecified atom stereocenters. The number of halogens is 1. The van der Waals surface area contributed by atoms with E-state index < -0.39 is 0 Å². The van der Waals surface area contributed by atoms with E-state index in [0.29, 0.717) is 30.4 Å². The molecule has 0 atom stereocenters. The lowest BCUT2D eigenvalue weighted by Gasteiger charge is -2.37. The molecule has 1 aromatic heterocycles. The zero-order chi connectivity index (χ0) is 23.3. The van der Waals surface area contributed by atoms with Crippen molar-refractivity contribution in [3.63, 3.8) is 0 Å². The second-order valence-corrected chi connectivity index (χ2v) is 8.79. The molecule has 0 aliphatic carbocycles. The van der Waals surface area contributed by atoms with Crippen LogP contribution in [-0.2, 0) is 4.79 Å². The Kier molecular flexibility index (Phi) is 6.66. The summed E-state index contributed by atoms with van der Waals surface area (Å²) < 4.78 is 24.3. The van der Waals surface area contributed by atoms with Gasteiger partial charge in [0.2, 0.25) is 5.91 Å². The molecule has 1 amide bonds. The van der Waals surface area contributed by atoms with Gasteiger partial charge in [0.15, 0.2) is 17.3 Å². The van der Waals surface area contributed by atoms with Gasteiger partial charge in [-0.3, -0.25) is 4.79 Å². The van der Waals surface area contributed by atoms with Crippen LogP contribution in [0.3, 0.4) is 0 Å². The molecule has 10 heteroatoms. The number of ether oxygens (including phenoxy) is 2. The first-order chi connectivity index (χ1) is 16.7. The van der Waals surface area contributed by atoms with Crippen LogP contribution in [0.15, 0.2) is 59.9 Å². The highest BCUT2D eigenvalue weighted by Crippen LogP contribution is 2.33. The molecule has 0 saturated carbocycles. The number of carbonyl (C=O) groups excluding carboxylic acids is 1. The average molecular weight is 482 g/mol. The lowest BCUT2D eigenvalue weighted by molar-refractivity contribution is -0.113. The third-order valence-corrected chi connectivity index (χ3v) is 6.55. The fourth-order valence-electron chi connectivity index (χ4n) is 3.92. The van der Waals surface area contributed by atoms with Crippen LogP contribution in [-0.4, -0.2) is 61.0 Å². The standard InChI is InChI=1S/C24H24FN5O3S/c25-17-1-4-19(5-2-17)29-9-11-30(12-10-29)23-24(27-8-7-26-23)34-16-22(31)28-18-3-6-20-21(15-18)33-14-13-32-20/h1-8,15H,9-14,16H2,(H,28,31). The highest BCUT2D eigenvalue weighted by molar-refractivity contribution is 8.00. The number of thioether (sulfide) groups is 1. The Morgan fingerprint density at radius 1 is 0.941 bits per heavy atom. The van der Waals surface area contributed by atoms with E-state index in [-0.39, 0.29) is 17.5 Å². The lowest BCUT2D eigenvalue weighted by Crippen LogP contribution is -2.47. The Morgan fingerprint density at radius 3 is 2.44 bits per heavy atom. The summed E-state index contributed by atoms with van der Waals surface area (Å²) in [5.41, 5.74) is 1.66. The first-order valence-electron chi connectivity index (χ1n) is 11.0. The first-order valence-corrected chi connectivity index (χ1v) is 12.0. The normalized spacial score (nSPS) is 15.2. The molecule has 176 valence electrons. The minimum atomic E-state index is -0.235. The smallest absolute Gasteiger partial charge is 0.234 e. The summed E-state index contributed by atoms with van der Waals surface area (Å²) in [5.74, 6) is 1.92. The molecule has 1 N–H and O–H groups in total. The Labute approximate surface area is 201 Å². The van der Waals surface area contributed by atoms with Crippen molar-refractivity contribution in [1.29, 1.82) is 0 Å². The second-order valence-electron chi connectivity index (χ2n) is 7.83. The molecule has 2 aromatic carbocycles. The van der Waals surface area contributed by atoms with Gasteiger partial charge < -0.3 is 24.6 Å². The van der Waals surface area contributed by atoms with E-state index in [1.807, 2.05) is 0 Å². The summed E-state index contributed by atoms with van der Waals surface area (Å²) in [4.78, 5) is 26.0. The van der Waals surface area contributed by atoms with Crippen LogP contribution in [0.4, 0.5) is 21.6 Å². The number of amides is 1. The molecule has 34 heavy (non-hydrogen) atoms. The van der Waals surface area contributed by atoms with E-state index in [1.165, 1.54) is 23.9 Å². The summed E-state index contributed by atoms with van der Waals surface area (Å²) >= 11 is 1.36. The molecule has 0 radical (unpaired) electrons. The highest BCUT2D eigenvalue weighted by Gasteiger charge is 2.22. The molecule has 1 saturated heterocycles. The SMILES string of the molecule is O=C(CSc1nccnc1N1CCN(c2ccc(F)cc2)CC1)Nc1ccc2c(c1)OCCO2. The van der Waals surface area contributed by atoms with E-state index in [4.69, 9.17) is 9.47 Å². The predicted octanol–water partition coefficient (Wildman–Crippen LogP) is 3.44. The topological polar surface area (TPSA) is 79.8 Å². The van der Waals surface area contributed by atoms with Gasteiger partial charge in [-0.05, 0) is 36.4 Å². The zero-order valence-corrected chi connectivity index (χ0v) is 19.3. The summed E-state index contributed by atoms with van der Waals surface area (Å²) in [7, 11) is 0. The van der Waals surface area contributed by atoms with E-state index in [9.17, 15) is 9.18 Å². The highest BCUT2D eigenvalue weighted by atomic mass is 32.2. The minimum Gasteiger partial charge on any atom is -0.486 e. The molecule has 5 rings (SSSR count). The molecular weight excluding hydrogens is 457 g/mol. The van der Waals surface area contributed by atoms with E-state index in [1.54, 1.807) is 42.7 Å². The number of hydrogen-bond acceptors (Lipinski definition) is 8. The van der Waals surface area contributed by atoms with E-state index in [2.05, 4.69) is 25.1 Å². The Bertz CT molecular complexity index is 1160. The van der Waals surface area contributed by atoms with Gasteiger partial charge in [0, 0.05) is 56.0 Å².